The molecule has 0 aliphatic carbocycles. The van der Waals surface area contributed by atoms with Crippen LogP contribution in [0.2, 0.25) is 5.02 Å². The first-order valence-corrected chi connectivity index (χ1v) is 9.69. The maximum Gasteiger partial charge on any atom is 0.253 e. The average Bonchev–Trinajstić information content (AvgIpc) is 3.17. The first-order valence-electron chi connectivity index (χ1n) is 8.43. The van der Waals surface area contributed by atoms with Gasteiger partial charge >= 0.3 is 0 Å². The lowest BCUT2D eigenvalue weighted by Gasteiger charge is -2.32. The molecular weight excluding hydrogens is 356 g/mol. The van der Waals surface area contributed by atoms with Crippen LogP contribution in [0.25, 0.3) is 0 Å². The van der Waals surface area contributed by atoms with E-state index in [1.54, 1.807) is 35.6 Å². The molecule has 1 fully saturated rings. The molecule has 1 atom stereocenters. The number of nitrogens with one attached hydrogen (secondary N) is 1. The summed E-state index contributed by atoms with van der Waals surface area (Å²) >= 11 is 7.51. The lowest BCUT2D eigenvalue weighted by atomic mass is 9.95. The number of thiophene rings is 1. The second-order valence-electron chi connectivity index (χ2n) is 6.32. The van der Waals surface area contributed by atoms with Crippen LogP contribution in [0.1, 0.15) is 41.0 Å². The molecule has 4 nitrogen and oxygen atoms in total. The van der Waals surface area contributed by atoms with Crippen LogP contribution in [0.5, 0.6) is 0 Å². The van der Waals surface area contributed by atoms with Gasteiger partial charge in [-0.1, -0.05) is 17.7 Å². The molecule has 25 heavy (non-hydrogen) atoms. The minimum Gasteiger partial charge on any atom is -0.349 e. The predicted molar refractivity (Wildman–Crippen MR) is 101 cm³/mol. The molecule has 6 heteroatoms. The van der Waals surface area contributed by atoms with Crippen LogP contribution in [0, 0.1) is 5.92 Å². The number of benzene rings is 1. The molecule has 1 N–H and O–H groups in total. The summed E-state index contributed by atoms with van der Waals surface area (Å²) in [4.78, 5) is 27.9. The minimum atomic E-state index is -0.0309. The summed E-state index contributed by atoms with van der Waals surface area (Å²) < 4.78 is 0. The highest BCUT2D eigenvalue weighted by Crippen LogP contribution is 2.23. The van der Waals surface area contributed by atoms with E-state index in [0.29, 0.717) is 36.5 Å². The molecule has 132 valence electrons. The summed E-state index contributed by atoms with van der Waals surface area (Å²) in [5, 5.41) is 5.72. The van der Waals surface area contributed by atoms with Crippen molar-refractivity contribution in [2.75, 3.05) is 13.1 Å². The molecule has 1 saturated heterocycles. The predicted octanol–water partition coefficient (Wildman–Crippen LogP) is 4.13. The molecule has 1 aromatic carbocycles. The third-order valence-electron chi connectivity index (χ3n) is 4.57. The Morgan fingerprint density at radius 3 is 2.48 bits per heavy atom. The first kappa shape index (κ1) is 18.0. The SMILES string of the molecule is C[C@H](NC(=O)C1CCN(C(=O)c2ccc(Cl)cc2)CC1)c1cccs1. The maximum atomic E-state index is 12.5. The summed E-state index contributed by atoms with van der Waals surface area (Å²) in [5.41, 5.74) is 0.638. The van der Waals surface area contributed by atoms with Gasteiger partial charge in [0.2, 0.25) is 5.91 Å². The van der Waals surface area contributed by atoms with Crippen molar-refractivity contribution in [3.05, 3.63) is 57.2 Å². The van der Waals surface area contributed by atoms with Crippen LogP contribution in [0.4, 0.5) is 0 Å². The zero-order valence-electron chi connectivity index (χ0n) is 14.1. The fourth-order valence-corrected chi connectivity index (χ4v) is 3.92. The van der Waals surface area contributed by atoms with Crippen molar-refractivity contribution >= 4 is 34.8 Å². The summed E-state index contributed by atoms with van der Waals surface area (Å²) in [6.07, 6.45) is 1.39. The quantitative estimate of drug-likeness (QED) is 0.872. The minimum absolute atomic E-state index is 0.00229. The van der Waals surface area contributed by atoms with E-state index in [0.717, 1.165) is 4.88 Å². The van der Waals surface area contributed by atoms with Gasteiger partial charge in [0.05, 0.1) is 6.04 Å². The van der Waals surface area contributed by atoms with Crippen LogP contribution in [-0.4, -0.2) is 29.8 Å². The number of nitrogens with zero attached hydrogens (tertiary/aromatic N) is 1. The standard InChI is InChI=1S/C19H21ClN2O2S/c1-13(17-3-2-12-25-17)21-18(23)14-8-10-22(11-9-14)19(24)15-4-6-16(20)7-5-15/h2-7,12-14H,8-11H2,1H3,(H,21,23)/t13-/m0/s1. The van der Waals surface area contributed by atoms with E-state index >= 15 is 0 Å². The summed E-state index contributed by atoms with van der Waals surface area (Å²) in [7, 11) is 0. The van der Waals surface area contributed by atoms with E-state index in [1.165, 1.54) is 0 Å². The van der Waals surface area contributed by atoms with Gasteiger partial charge in [-0.15, -0.1) is 11.3 Å². The Morgan fingerprint density at radius 1 is 1.20 bits per heavy atom. The van der Waals surface area contributed by atoms with E-state index in [4.69, 9.17) is 11.6 Å². The molecule has 2 heterocycles. The molecule has 3 rings (SSSR count). The van der Waals surface area contributed by atoms with E-state index < -0.39 is 0 Å². The van der Waals surface area contributed by atoms with Crippen molar-refractivity contribution in [2.24, 2.45) is 5.92 Å². The number of carbonyl (C=O) groups is 2. The van der Waals surface area contributed by atoms with Gasteiger partial charge in [-0.2, -0.15) is 0 Å². The molecular formula is C19H21ClN2O2S. The van der Waals surface area contributed by atoms with Gasteiger partial charge in [-0.25, -0.2) is 0 Å². The van der Waals surface area contributed by atoms with Crippen molar-refractivity contribution in [1.82, 2.24) is 10.2 Å². The van der Waals surface area contributed by atoms with Crippen LogP contribution in [0.15, 0.2) is 41.8 Å². The average molecular weight is 377 g/mol. The Labute approximate surface area is 156 Å². The molecule has 1 aliphatic heterocycles. The monoisotopic (exact) mass is 376 g/mol. The molecule has 0 spiro atoms. The Balaban J connectivity index is 1.52. The van der Waals surface area contributed by atoms with E-state index in [2.05, 4.69) is 5.32 Å². The highest BCUT2D eigenvalue weighted by atomic mass is 35.5. The number of amides is 2. The third-order valence-corrected chi connectivity index (χ3v) is 5.88. The molecule has 0 bridgehead atoms. The number of halogens is 1. The molecule has 1 aromatic heterocycles. The van der Waals surface area contributed by atoms with Crippen LogP contribution < -0.4 is 5.32 Å². The van der Waals surface area contributed by atoms with Crippen LogP contribution >= 0.6 is 22.9 Å². The lowest BCUT2D eigenvalue weighted by Crippen LogP contribution is -2.43. The number of rotatable bonds is 4. The molecule has 2 aromatic rings. The third kappa shape index (κ3) is 4.41. The zero-order valence-corrected chi connectivity index (χ0v) is 15.6. The van der Waals surface area contributed by atoms with Crippen LogP contribution in [-0.2, 0) is 4.79 Å². The lowest BCUT2D eigenvalue weighted by molar-refractivity contribution is -0.126. The van der Waals surface area contributed by atoms with Crippen molar-refractivity contribution in [2.45, 2.75) is 25.8 Å². The van der Waals surface area contributed by atoms with Gasteiger partial charge < -0.3 is 10.2 Å². The number of piperidine rings is 1. The smallest absolute Gasteiger partial charge is 0.253 e. The highest BCUT2D eigenvalue weighted by Gasteiger charge is 2.28. The van der Waals surface area contributed by atoms with Gasteiger partial charge in [0.25, 0.3) is 5.91 Å². The summed E-state index contributed by atoms with van der Waals surface area (Å²) in [6.45, 7) is 3.21. The fraction of sp³-hybridized carbons (Fsp3) is 0.368. The van der Waals surface area contributed by atoms with Gasteiger partial charge in [-0.05, 0) is 55.5 Å². The number of hydrogen-bond donors (Lipinski definition) is 1. The molecule has 0 radical (unpaired) electrons. The van der Waals surface area contributed by atoms with E-state index in [1.807, 2.05) is 29.3 Å². The Morgan fingerprint density at radius 2 is 1.88 bits per heavy atom. The number of hydrogen-bond acceptors (Lipinski definition) is 3. The molecule has 1 aliphatic rings. The number of carbonyl (C=O) groups excluding carboxylic acids is 2. The molecule has 0 unspecified atom stereocenters. The summed E-state index contributed by atoms with van der Waals surface area (Å²) in [6, 6.07) is 11.0. The molecule has 2 amide bonds. The summed E-state index contributed by atoms with van der Waals surface area (Å²) in [5.74, 6) is 0.0543. The van der Waals surface area contributed by atoms with Gasteiger partial charge in [0.1, 0.15) is 0 Å². The Kier molecular flexibility index (Phi) is 5.76. The fourth-order valence-electron chi connectivity index (χ4n) is 3.06. The largest absolute Gasteiger partial charge is 0.349 e. The number of likely N-dealkylation sites (tertiary alicyclic amines) is 1. The van der Waals surface area contributed by atoms with Gasteiger partial charge in [-0.3, -0.25) is 9.59 Å². The van der Waals surface area contributed by atoms with Crippen molar-refractivity contribution in [1.29, 1.82) is 0 Å². The normalized spacial score (nSPS) is 16.5. The van der Waals surface area contributed by atoms with Crippen molar-refractivity contribution in [3.8, 4) is 0 Å². The second kappa shape index (κ2) is 8.02. The van der Waals surface area contributed by atoms with Gasteiger partial charge in [0, 0.05) is 34.5 Å². The highest BCUT2D eigenvalue weighted by molar-refractivity contribution is 7.10. The van der Waals surface area contributed by atoms with E-state index in [-0.39, 0.29) is 23.8 Å². The van der Waals surface area contributed by atoms with Crippen LogP contribution in [0.3, 0.4) is 0 Å². The maximum absolute atomic E-state index is 12.5. The second-order valence-corrected chi connectivity index (χ2v) is 7.73. The zero-order chi connectivity index (χ0) is 17.8. The Hall–Kier alpha value is -1.85. The Bertz CT molecular complexity index is 722. The van der Waals surface area contributed by atoms with Crippen molar-refractivity contribution < 1.29 is 9.59 Å². The molecule has 0 saturated carbocycles. The van der Waals surface area contributed by atoms with Gasteiger partial charge in [0.15, 0.2) is 0 Å². The first-order chi connectivity index (χ1) is 12.0. The van der Waals surface area contributed by atoms with E-state index in [9.17, 15) is 9.59 Å². The van der Waals surface area contributed by atoms with Crippen molar-refractivity contribution in [3.63, 3.8) is 0 Å². The topological polar surface area (TPSA) is 49.4 Å².